The highest BCUT2D eigenvalue weighted by molar-refractivity contribution is 5.81. The molecule has 162 valence electrons. The molecule has 0 atom stereocenters. The van der Waals surface area contributed by atoms with E-state index in [4.69, 9.17) is 9.84 Å². The van der Waals surface area contributed by atoms with Gasteiger partial charge in [-0.1, -0.05) is 50.2 Å². The van der Waals surface area contributed by atoms with Crippen molar-refractivity contribution >= 4 is 0 Å². The van der Waals surface area contributed by atoms with Gasteiger partial charge in [-0.15, -0.1) is 0 Å². The van der Waals surface area contributed by atoms with Crippen molar-refractivity contribution in [1.29, 1.82) is 0 Å². The highest BCUT2D eigenvalue weighted by Crippen LogP contribution is 2.35. The van der Waals surface area contributed by atoms with Crippen molar-refractivity contribution < 1.29 is 4.74 Å². The third-order valence-corrected chi connectivity index (χ3v) is 5.87. The van der Waals surface area contributed by atoms with E-state index in [0.29, 0.717) is 12.5 Å². The van der Waals surface area contributed by atoms with Crippen LogP contribution in [0.1, 0.15) is 36.6 Å². The van der Waals surface area contributed by atoms with Crippen LogP contribution in [0.25, 0.3) is 22.5 Å². The van der Waals surface area contributed by atoms with E-state index in [1.165, 1.54) is 16.8 Å². The number of nitrogens with one attached hydrogen (secondary N) is 1. The molecule has 0 aliphatic carbocycles. The van der Waals surface area contributed by atoms with Crippen LogP contribution in [-0.2, 0) is 19.7 Å². The van der Waals surface area contributed by atoms with Gasteiger partial charge in [-0.05, 0) is 40.8 Å². The molecule has 0 spiro atoms. The highest BCUT2D eigenvalue weighted by Gasteiger charge is 2.23. The van der Waals surface area contributed by atoms with E-state index in [2.05, 4.69) is 70.2 Å². The van der Waals surface area contributed by atoms with Gasteiger partial charge in [0.2, 0.25) is 0 Å². The van der Waals surface area contributed by atoms with Gasteiger partial charge in [-0.2, -0.15) is 5.10 Å². The molecule has 0 radical (unpaired) electrons. The van der Waals surface area contributed by atoms with Crippen LogP contribution in [0.5, 0.6) is 5.75 Å². The predicted octanol–water partition coefficient (Wildman–Crippen LogP) is 4.81. The summed E-state index contributed by atoms with van der Waals surface area (Å²) in [6, 6.07) is 18.8. The van der Waals surface area contributed by atoms with Crippen LogP contribution >= 0.6 is 0 Å². The molecule has 0 bridgehead atoms. The van der Waals surface area contributed by atoms with Crippen LogP contribution in [0.3, 0.4) is 0 Å². The second-order valence-corrected chi connectivity index (χ2v) is 8.37. The number of hydrogen-bond acceptors (Lipinski definition) is 5. The number of aromatic nitrogens is 4. The molecular weight excluding hydrogens is 398 g/mol. The number of fused-ring (bicyclic) bond motifs is 1. The Balaban J connectivity index is 1.39. The van der Waals surface area contributed by atoms with E-state index in [1.54, 1.807) is 12.5 Å². The number of rotatable bonds is 6. The molecule has 4 aromatic rings. The maximum atomic E-state index is 6.04. The summed E-state index contributed by atoms with van der Waals surface area (Å²) in [5.74, 6) is 1.39. The van der Waals surface area contributed by atoms with Crippen molar-refractivity contribution in [3.63, 3.8) is 0 Å². The summed E-state index contributed by atoms with van der Waals surface area (Å²) in [6.07, 6.45) is 3.33. The van der Waals surface area contributed by atoms with Gasteiger partial charge in [0.15, 0.2) is 0 Å². The molecule has 0 saturated carbocycles. The van der Waals surface area contributed by atoms with Crippen molar-refractivity contribution in [2.24, 2.45) is 0 Å². The zero-order valence-corrected chi connectivity index (χ0v) is 18.5. The third kappa shape index (κ3) is 4.14. The Morgan fingerprint density at radius 1 is 1.03 bits per heavy atom. The van der Waals surface area contributed by atoms with Crippen molar-refractivity contribution in [1.82, 2.24) is 25.1 Å². The summed E-state index contributed by atoms with van der Waals surface area (Å²) >= 11 is 0. The maximum Gasteiger partial charge on any atom is 0.119 e. The van der Waals surface area contributed by atoms with E-state index in [-0.39, 0.29) is 0 Å². The van der Waals surface area contributed by atoms with Gasteiger partial charge in [-0.25, -0.2) is 9.97 Å². The summed E-state index contributed by atoms with van der Waals surface area (Å²) < 4.78 is 8.13. The molecule has 1 N–H and O–H groups in total. The summed E-state index contributed by atoms with van der Waals surface area (Å²) in [5.41, 5.74) is 7.65. The van der Waals surface area contributed by atoms with E-state index in [1.807, 2.05) is 18.2 Å². The third-order valence-electron chi connectivity index (χ3n) is 5.87. The van der Waals surface area contributed by atoms with Gasteiger partial charge < -0.3 is 10.1 Å². The first-order chi connectivity index (χ1) is 15.7. The second-order valence-electron chi connectivity index (χ2n) is 8.37. The summed E-state index contributed by atoms with van der Waals surface area (Å²) in [4.78, 5) is 8.49. The van der Waals surface area contributed by atoms with Gasteiger partial charge in [0, 0.05) is 24.8 Å². The van der Waals surface area contributed by atoms with E-state index < -0.39 is 0 Å². The molecule has 6 nitrogen and oxygen atoms in total. The highest BCUT2D eigenvalue weighted by atomic mass is 16.5. The van der Waals surface area contributed by atoms with Crippen molar-refractivity contribution in [3.8, 4) is 28.3 Å². The summed E-state index contributed by atoms with van der Waals surface area (Å²) in [5, 5.41) is 8.33. The smallest absolute Gasteiger partial charge is 0.119 e. The SMILES string of the molecule is CC(C)c1ccc(COc2ccc(-c3c(-c4ccncn4)nn4c3CNCC4)cc2)cc1. The minimum absolute atomic E-state index is 0.537. The molecule has 1 aliphatic heterocycles. The molecule has 0 amide bonds. The Labute approximate surface area is 188 Å². The molecule has 0 fully saturated rings. The Hall–Kier alpha value is -3.51. The van der Waals surface area contributed by atoms with E-state index >= 15 is 0 Å². The average Bonchev–Trinajstić information content (AvgIpc) is 3.23. The van der Waals surface area contributed by atoms with Gasteiger partial charge >= 0.3 is 0 Å². The Kier molecular flexibility index (Phi) is 5.69. The largest absolute Gasteiger partial charge is 0.489 e. The average molecular weight is 426 g/mol. The van der Waals surface area contributed by atoms with Gasteiger partial charge in [-0.3, -0.25) is 4.68 Å². The van der Waals surface area contributed by atoms with Crippen LogP contribution in [0.4, 0.5) is 0 Å². The standard InChI is InChI=1S/C26H27N5O/c1-18(2)20-5-3-19(4-6-20)16-32-22-9-7-21(8-10-22)25-24-15-27-13-14-31(24)30-26(25)23-11-12-28-17-29-23/h3-12,17-18,27H,13-16H2,1-2H3. The first-order valence-corrected chi connectivity index (χ1v) is 11.1. The molecule has 0 unspecified atom stereocenters. The Bertz CT molecular complexity index is 1180. The molecule has 1 aliphatic rings. The minimum atomic E-state index is 0.537. The topological polar surface area (TPSA) is 64.9 Å². The fourth-order valence-electron chi connectivity index (χ4n) is 4.05. The molecule has 2 aromatic carbocycles. The fraction of sp³-hybridized carbons (Fsp3) is 0.269. The molecule has 32 heavy (non-hydrogen) atoms. The van der Waals surface area contributed by atoms with Crippen molar-refractivity contribution in [2.75, 3.05) is 6.54 Å². The summed E-state index contributed by atoms with van der Waals surface area (Å²) in [7, 11) is 0. The van der Waals surface area contributed by atoms with Gasteiger partial charge in [0.1, 0.15) is 24.4 Å². The minimum Gasteiger partial charge on any atom is -0.489 e. The Morgan fingerprint density at radius 2 is 1.84 bits per heavy atom. The number of benzene rings is 2. The van der Waals surface area contributed by atoms with Crippen LogP contribution < -0.4 is 10.1 Å². The van der Waals surface area contributed by atoms with Crippen molar-refractivity contribution in [3.05, 3.63) is 83.9 Å². The lowest BCUT2D eigenvalue weighted by Gasteiger charge is -2.16. The van der Waals surface area contributed by atoms with Crippen LogP contribution in [0, 0.1) is 0 Å². The van der Waals surface area contributed by atoms with E-state index in [0.717, 1.165) is 47.9 Å². The van der Waals surface area contributed by atoms with Crippen LogP contribution in [0.2, 0.25) is 0 Å². The monoisotopic (exact) mass is 425 g/mol. The Morgan fingerprint density at radius 3 is 2.56 bits per heavy atom. The van der Waals surface area contributed by atoms with Crippen molar-refractivity contribution in [2.45, 2.75) is 39.5 Å². The lowest BCUT2D eigenvalue weighted by molar-refractivity contribution is 0.306. The molecule has 3 heterocycles. The number of hydrogen-bond donors (Lipinski definition) is 1. The molecular formula is C26H27N5O. The van der Waals surface area contributed by atoms with Gasteiger partial charge in [0.25, 0.3) is 0 Å². The molecule has 5 rings (SSSR count). The predicted molar refractivity (Wildman–Crippen MR) is 125 cm³/mol. The lowest BCUT2D eigenvalue weighted by atomic mass is 10.0. The number of nitrogens with zero attached hydrogens (tertiary/aromatic N) is 4. The fourth-order valence-corrected chi connectivity index (χ4v) is 4.05. The number of ether oxygens (including phenoxy) is 1. The van der Waals surface area contributed by atoms with Crippen LogP contribution in [-0.4, -0.2) is 26.3 Å². The normalized spacial score (nSPS) is 13.2. The zero-order valence-electron chi connectivity index (χ0n) is 18.5. The summed E-state index contributed by atoms with van der Waals surface area (Å²) in [6.45, 7) is 7.52. The first-order valence-electron chi connectivity index (χ1n) is 11.1. The lowest BCUT2D eigenvalue weighted by Crippen LogP contribution is -2.28. The zero-order chi connectivity index (χ0) is 21.9. The van der Waals surface area contributed by atoms with E-state index in [9.17, 15) is 0 Å². The second kappa shape index (κ2) is 8.93. The maximum absolute atomic E-state index is 6.04. The van der Waals surface area contributed by atoms with Gasteiger partial charge in [0.05, 0.1) is 17.9 Å². The first kappa shape index (κ1) is 20.4. The molecule has 2 aromatic heterocycles. The molecule has 0 saturated heterocycles. The quantitative estimate of drug-likeness (QED) is 0.480. The molecule has 6 heteroatoms. The van der Waals surface area contributed by atoms with Crippen LogP contribution in [0.15, 0.2) is 67.1 Å².